The second-order valence-corrected chi connectivity index (χ2v) is 8.70. The highest BCUT2D eigenvalue weighted by Crippen LogP contribution is 2.33. The Morgan fingerprint density at radius 1 is 1.15 bits per heavy atom. The molecule has 1 fully saturated rings. The van der Waals surface area contributed by atoms with E-state index in [0.29, 0.717) is 35.6 Å². The van der Waals surface area contributed by atoms with Crippen molar-refractivity contribution >= 4 is 28.4 Å². The lowest BCUT2D eigenvalue weighted by Gasteiger charge is -2.17. The van der Waals surface area contributed by atoms with Crippen LogP contribution in [0.5, 0.6) is 5.75 Å². The topological polar surface area (TPSA) is 92.4 Å². The number of nitrogens with one attached hydrogen (secondary N) is 3. The number of fused-ring (bicyclic) bond motifs is 1. The van der Waals surface area contributed by atoms with Crippen molar-refractivity contribution < 1.29 is 14.3 Å². The second-order valence-electron chi connectivity index (χ2n) is 8.70. The third-order valence-corrected chi connectivity index (χ3v) is 5.94. The molecule has 0 aliphatic heterocycles. The second kappa shape index (κ2) is 11.0. The van der Waals surface area contributed by atoms with Crippen LogP contribution in [-0.2, 0) is 17.8 Å². The van der Waals surface area contributed by atoms with Gasteiger partial charge in [-0.2, -0.15) is 0 Å². The average molecular weight is 461 g/mol. The van der Waals surface area contributed by atoms with Crippen LogP contribution in [0.15, 0.2) is 48.7 Å². The number of hydrogen-bond donors (Lipinski definition) is 3. The molecule has 0 radical (unpaired) electrons. The Balaban J connectivity index is 1.70. The van der Waals surface area contributed by atoms with Gasteiger partial charge in [-0.1, -0.05) is 43.7 Å². The SMILES string of the molecule is CCCCNC(=O)Cc1cc2c(NCc3ccccc3)c(C(=O)NC3CC3)cnc2cc1OC. The number of unbranched alkanes of at least 4 members (excludes halogenated alkanes) is 1. The molecule has 1 aliphatic rings. The quantitative estimate of drug-likeness (QED) is 0.373. The zero-order valence-corrected chi connectivity index (χ0v) is 19.8. The molecule has 0 spiro atoms. The van der Waals surface area contributed by atoms with Gasteiger partial charge in [-0.25, -0.2) is 0 Å². The average Bonchev–Trinajstić information content (AvgIpc) is 3.66. The van der Waals surface area contributed by atoms with Crippen LogP contribution < -0.4 is 20.7 Å². The Morgan fingerprint density at radius 3 is 2.65 bits per heavy atom. The number of ether oxygens (including phenoxy) is 1. The fourth-order valence-corrected chi connectivity index (χ4v) is 3.87. The van der Waals surface area contributed by atoms with Crippen molar-refractivity contribution in [1.82, 2.24) is 15.6 Å². The molecule has 1 aromatic heterocycles. The monoisotopic (exact) mass is 460 g/mol. The molecule has 7 heteroatoms. The highest BCUT2D eigenvalue weighted by molar-refractivity contribution is 6.07. The predicted octanol–water partition coefficient (Wildman–Crippen LogP) is 4.21. The summed E-state index contributed by atoms with van der Waals surface area (Å²) in [4.78, 5) is 30.1. The molecule has 1 aliphatic carbocycles. The molecule has 0 atom stereocenters. The van der Waals surface area contributed by atoms with Gasteiger partial charge in [0, 0.05) is 42.3 Å². The van der Waals surface area contributed by atoms with Gasteiger partial charge in [0.15, 0.2) is 0 Å². The smallest absolute Gasteiger partial charge is 0.255 e. The standard InChI is InChI=1S/C27H32N4O3/c1-3-4-12-28-25(32)14-19-13-21-23(15-24(19)34-2)29-17-22(27(33)31-20-10-11-20)26(21)30-16-18-8-6-5-7-9-18/h5-9,13,15,17,20H,3-4,10-12,14,16H2,1-2H3,(H,28,32)(H,29,30)(H,31,33). The molecule has 2 amide bonds. The summed E-state index contributed by atoms with van der Waals surface area (Å²) >= 11 is 0. The van der Waals surface area contributed by atoms with E-state index in [9.17, 15) is 9.59 Å². The minimum absolute atomic E-state index is 0.0551. The van der Waals surface area contributed by atoms with E-state index in [1.165, 1.54) is 0 Å². The van der Waals surface area contributed by atoms with E-state index in [0.717, 1.165) is 42.2 Å². The summed E-state index contributed by atoms with van der Waals surface area (Å²) in [7, 11) is 1.59. The van der Waals surface area contributed by atoms with Crippen molar-refractivity contribution in [3.05, 3.63) is 65.4 Å². The predicted molar refractivity (Wildman–Crippen MR) is 134 cm³/mol. The molecule has 2 aromatic carbocycles. The van der Waals surface area contributed by atoms with Gasteiger partial charge >= 0.3 is 0 Å². The highest BCUT2D eigenvalue weighted by atomic mass is 16.5. The Morgan fingerprint density at radius 2 is 1.94 bits per heavy atom. The van der Waals surface area contributed by atoms with Crippen LogP contribution in [0.2, 0.25) is 0 Å². The van der Waals surface area contributed by atoms with Gasteiger partial charge in [-0.3, -0.25) is 14.6 Å². The van der Waals surface area contributed by atoms with Crippen LogP contribution in [0.4, 0.5) is 5.69 Å². The van der Waals surface area contributed by atoms with Gasteiger partial charge in [-0.15, -0.1) is 0 Å². The van der Waals surface area contributed by atoms with E-state index in [2.05, 4.69) is 27.9 Å². The number of methoxy groups -OCH3 is 1. The van der Waals surface area contributed by atoms with Crippen molar-refractivity contribution in [2.75, 3.05) is 19.0 Å². The Labute approximate surface area is 200 Å². The number of hydrogen-bond acceptors (Lipinski definition) is 5. The number of anilines is 1. The zero-order valence-electron chi connectivity index (χ0n) is 19.8. The lowest BCUT2D eigenvalue weighted by molar-refractivity contribution is -0.120. The van der Waals surface area contributed by atoms with Crippen LogP contribution in [0, 0.1) is 0 Å². The lowest BCUT2D eigenvalue weighted by Crippen LogP contribution is -2.27. The summed E-state index contributed by atoms with van der Waals surface area (Å²) in [5.74, 6) is 0.414. The van der Waals surface area contributed by atoms with Crippen molar-refractivity contribution in [2.45, 2.75) is 51.6 Å². The van der Waals surface area contributed by atoms with Gasteiger partial charge < -0.3 is 20.7 Å². The molecule has 178 valence electrons. The number of pyridine rings is 1. The van der Waals surface area contributed by atoms with E-state index in [1.807, 2.05) is 42.5 Å². The fourth-order valence-electron chi connectivity index (χ4n) is 3.87. The Kier molecular flexibility index (Phi) is 7.62. The first-order valence-corrected chi connectivity index (χ1v) is 11.9. The minimum Gasteiger partial charge on any atom is -0.496 e. The molecular weight excluding hydrogens is 428 g/mol. The summed E-state index contributed by atoms with van der Waals surface area (Å²) in [6.07, 6.45) is 5.79. The van der Waals surface area contributed by atoms with E-state index >= 15 is 0 Å². The number of benzene rings is 2. The van der Waals surface area contributed by atoms with Gasteiger partial charge in [0.25, 0.3) is 5.91 Å². The Bertz CT molecular complexity index is 1160. The molecule has 3 N–H and O–H groups in total. The first-order chi connectivity index (χ1) is 16.6. The van der Waals surface area contributed by atoms with Crippen molar-refractivity contribution in [3.63, 3.8) is 0 Å². The lowest BCUT2D eigenvalue weighted by atomic mass is 10.0. The Hall–Kier alpha value is -3.61. The number of rotatable bonds is 11. The van der Waals surface area contributed by atoms with E-state index in [-0.39, 0.29) is 24.3 Å². The van der Waals surface area contributed by atoms with Crippen LogP contribution >= 0.6 is 0 Å². The molecule has 0 saturated heterocycles. The molecule has 3 aromatic rings. The molecule has 34 heavy (non-hydrogen) atoms. The third-order valence-electron chi connectivity index (χ3n) is 5.94. The van der Waals surface area contributed by atoms with E-state index in [1.54, 1.807) is 13.3 Å². The molecule has 1 heterocycles. The van der Waals surface area contributed by atoms with E-state index < -0.39 is 0 Å². The zero-order chi connectivity index (χ0) is 23.9. The van der Waals surface area contributed by atoms with Gasteiger partial charge in [0.05, 0.1) is 30.3 Å². The number of aromatic nitrogens is 1. The summed E-state index contributed by atoms with van der Waals surface area (Å²) in [5, 5.41) is 10.3. The number of amides is 2. The summed E-state index contributed by atoms with van der Waals surface area (Å²) in [6.45, 7) is 3.30. The van der Waals surface area contributed by atoms with Crippen molar-refractivity contribution in [2.24, 2.45) is 0 Å². The number of carbonyl (C=O) groups excluding carboxylic acids is 2. The van der Waals surface area contributed by atoms with Crippen LogP contribution in [-0.4, -0.2) is 36.5 Å². The molecule has 0 unspecified atom stereocenters. The molecular formula is C27H32N4O3. The highest BCUT2D eigenvalue weighted by Gasteiger charge is 2.26. The summed E-state index contributed by atoms with van der Waals surface area (Å²) < 4.78 is 5.57. The van der Waals surface area contributed by atoms with Gasteiger partial charge in [0.1, 0.15) is 5.75 Å². The largest absolute Gasteiger partial charge is 0.496 e. The molecule has 7 nitrogen and oxygen atoms in total. The maximum Gasteiger partial charge on any atom is 0.255 e. The molecule has 4 rings (SSSR count). The maximum absolute atomic E-state index is 13.0. The van der Waals surface area contributed by atoms with Crippen LogP contribution in [0.1, 0.15) is 54.1 Å². The maximum atomic E-state index is 13.0. The minimum atomic E-state index is -0.137. The number of nitrogens with zero attached hydrogens (tertiary/aromatic N) is 1. The van der Waals surface area contributed by atoms with Crippen molar-refractivity contribution in [3.8, 4) is 5.75 Å². The van der Waals surface area contributed by atoms with Crippen molar-refractivity contribution in [1.29, 1.82) is 0 Å². The first kappa shape index (κ1) is 23.5. The molecule has 0 bridgehead atoms. The summed E-state index contributed by atoms with van der Waals surface area (Å²) in [6, 6.07) is 14.0. The first-order valence-electron chi connectivity index (χ1n) is 11.9. The fraction of sp³-hybridized carbons (Fsp3) is 0.370. The van der Waals surface area contributed by atoms with E-state index in [4.69, 9.17) is 4.74 Å². The summed E-state index contributed by atoms with van der Waals surface area (Å²) in [5.41, 5.74) is 3.77. The van der Waals surface area contributed by atoms with Crippen LogP contribution in [0.3, 0.4) is 0 Å². The normalized spacial score (nSPS) is 12.9. The molecule has 1 saturated carbocycles. The van der Waals surface area contributed by atoms with Gasteiger partial charge in [0.2, 0.25) is 5.91 Å². The third kappa shape index (κ3) is 5.84. The van der Waals surface area contributed by atoms with Gasteiger partial charge in [-0.05, 0) is 30.9 Å². The van der Waals surface area contributed by atoms with Crippen LogP contribution in [0.25, 0.3) is 10.9 Å². The number of carbonyl (C=O) groups is 2.